The molecule has 192 valence electrons. The van der Waals surface area contributed by atoms with Gasteiger partial charge in [-0.1, -0.05) is 32.0 Å². The highest BCUT2D eigenvalue weighted by atomic mass is 19.1. The summed E-state index contributed by atoms with van der Waals surface area (Å²) in [6.45, 7) is 6.42. The molecular formula is C31H27F2N3O2. The SMILES string of the molecule is Cc1nc(N)cc(C(C)C)c1CNC(=O)c1ccc2c(c1)[C@@H]1O[C@H]2c2ccc(-c3ccc(F)cc3F)cc21. The largest absolute Gasteiger partial charge is 0.384 e. The average molecular weight is 512 g/mol. The molecule has 0 aliphatic carbocycles. The van der Waals surface area contributed by atoms with Gasteiger partial charge in [-0.15, -0.1) is 0 Å². The molecule has 0 spiro atoms. The lowest BCUT2D eigenvalue weighted by Gasteiger charge is -2.19. The van der Waals surface area contributed by atoms with Gasteiger partial charge in [0.05, 0.1) is 0 Å². The zero-order valence-corrected chi connectivity index (χ0v) is 21.3. The Balaban J connectivity index is 1.26. The van der Waals surface area contributed by atoms with Gasteiger partial charge in [0.15, 0.2) is 0 Å². The topological polar surface area (TPSA) is 77.2 Å². The standard InChI is InChI=1S/C31H27F2N3O2/c1-15(2)23-13-28(34)36-16(3)26(23)14-35-31(37)18-5-8-22-25(11-18)30-24-10-17(4-7-21(24)29(22)38-30)20-9-6-19(32)12-27(20)33/h4-13,15,29-30H,14H2,1-3H3,(H2,34,36)(H,35,37)/t29-,30+/m0/s1. The Hall–Kier alpha value is -4.10. The van der Waals surface area contributed by atoms with E-state index in [2.05, 4.69) is 24.1 Å². The lowest BCUT2D eigenvalue weighted by molar-refractivity contribution is 0.0857. The van der Waals surface area contributed by atoms with Crippen molar-refractivity contribution in [1.29, 1.82) is 0 Å². The molecule has 2 aliphatic rings. The molecule has 1 amide bonds. The number of fused-ring (bicyclic) bond motifs is 8. The Morgan fingerprint density at radius 2 is 1.68 bits per heavy atom. The average Bonchev–Trinajstić information content (AvgIpc) is 3.44. The van der Waals surface area contributed by atoms with Crippen molar-refractivity contribution in [3.05, 3.63) is 117 Å². The minimum Gasteiger partial charge on any atom is -0.384 e. The number of hydrogen-bond donors (Lipinski definition) is 2. The van der Waals surface area contributed by atoms with Crippen LogP contribution in [0.1, 0.15) is 81.4 Å². The first-order valence-corrected chi connectivity index (χ1v) is 12.6. The summed E-state index contributed by atoms with van der Waals surface area (Å²) in [6.07, 6.45) is -0.580. The highest BCUT2D eigenvalue weighted by Crippen LogP contribution is 2.54. The van der Waals surface area contributed by atoms with Crippen molar-refractivity contribution in [3.63, 3.8) is 0 Å². The zero-order valence-electron chi connectivity index (χ0n) is 21.3. The number of hydrogen-bond acceptors (Lipinski definition) is 4. The summed E-state index contributed by atoms with van der Waals surface area (Å²) in [7, 11) is 0. The van der Waals surface area contributed by atoms with E-state index < -0.39 is 11.6 Å². The van der Waals surface area contributed by atoms with Gasteiger partial charge in [-0.3, -0.25) is 4.79 Å². The van der Waals surface area contributed by atoms with E-state index in [0.29, 0.717) is 29.1 Å². The molecule has 2 bridgehead atoms. The number of nitrogens with one attached hydrogen (secondary N) is 1. The minimum atomic E-state index is -0.613. The normalized spacial score (nSPS) is 17.0. The van der Waals surface area contributed by atoms with Crippen LogP contribution in [0.5, 0.6) is 0 Å². The number of carbonyl (C=O) groups is 1. The second-order valence-corrected chi connectivity index (χ2v) is 10.2. The van der Waals surface area contributed by atoms with Crippen LogP contribution in [0, 0.1) is 18.6 Å². The number of halogens is 2. The van der Waals surface area contributed by atoms with Gasteiger partial charge < -0.3 is 15.8 Å². The fraction of sp³-hybridized carbons (Fsp3) is 0.226. The molecule has 2 aliphatic heterocycles. The van der Waals surface area contributed by atoms with E-state index in [4.69, 9.17) is 10.5 Å². The first kappa shape index (κ1) is 24.2. The summed E-state index contributed by atoms with van der Waals surface area (Å²) in [5, 5.41) is 3.03. The molecule has 1 aromatic heterocycles. The Morgan fingerprint density at radius 3 is 2.42 bits per heavy atom. The smallest absolute Gasteiger partial charge is 0.251 e. The van der Waals surface area contributed by atoms with Crippen LogP contribution in [0.3, 0.4) is 0 Å². The number of ether oxygens (including phenoxy) is 1. The van der Waals surface area contributed by atoms with Crippen molar-refractivity contribution in [2.75, 3.05) is 5.73 Å². The molecule has 0 saturated heterocycles. The van der Waals surface area contributed by atoms with Gasteiger partial charge in [-0.25, -0.2) is 13.8 Å². The third-order valence-electron chi connectivity index (χ3n) is 7.51. The third-order valence-corrected chi connectivity index (χ3v) is 7.51. The molecule has 2 atom stereocenters. The Morgan fingerprint density at radius 1 is 0.974 bits per heavy atom. The number of aryl methyl sites for hydroxylation is 1. The number of benzene rings is 3. The summed E-state index contributed by atoms with van der Waals surface area (Å²) < 4.78 is 34.1. The molecule has 0 saturated carbocycles. The summed E-state index contributed by atoms with van der Waals surface area (Å²) in [6, 6.07) is 16.8. The number of pyridine rings is 1. The molecule has 3 aromatic carbocycles. The van der Waals surface area contributed by atoms with Crippen molar-refractivity contribution >= 4 is 11.7 Å². The Labute approximate surface area is 219 Å². The first-order valence-electron chi connectivity index (χ1n) is 12.6. The maximum atomic E-state index is 14.4. The number of nitrogen functional groups attached to an aromatic ring is 1. The summed E-state index contributed by atoms with van der Waals surface area (Å²) >= 11 is 0. The van der Waals surface area contributed by atoms with Crippen LogP contribution in [0.25, 0.3) is 11.1 Å². The van der Waals surface area contributed by atoms with Crippen LogP contribution in [0.2, 0.25) is 0 Å². The Bertz CT molecular complexity index is 1620. The van der Waals surface area contributed by atoms with Crippen LogP contribution >= 0.6 is 0 Å². The zero-order chi connectivity index (χ0) is 26.7. The lowest BCUT2D eigenvalue weighted by Crippen LogP contribution is -2.25. The van der Waals surface area contributed by atoms with Gasteiger partial charge in [0.2, 0.25) is 0 Å². The monoisotopic (exact) mass is 511 g/mol. The second kappa shape index (κ2) is 9.03. The fourth-order valence-corrected chi connectivity index (χ4v) is 5.64. The summed E-state index contributed by atoms with van der Waals surface area (Å²) in [5.41, 5.74) is 14.2. The Kier molecular flexibility index (Phi) is 5.76. The molecule has 0 radical (unpaired) electrons. The van der Waals surface area contributed by atoms with Crippen LogP contribution in [-0.4, -0.2) is 10.9 Å². The number of amides is 1. The number of aromatic nitrogens is 1. The van der Waals surface area contributed by atoms with Gasteiger partial charge in [0, 0.05) is 29.4 Å². The predicted octanol–water partition coefficient (Wildman–Crippen LogP) is 6.49. The van der Waals surface area contributed by atoms with E-state index >= 15 is 0 Å². The number of nitrogens with zero attached hydrogens (tertiary/aromatic N) is 1. The van der Waals surface area contributed by atoms with Gasteiger partial charge in [-0.05, 0) is 88.2 Å². The number of anilines is 1. The second-order valence-electron chi connectivity index (χ2n) is 10.2. The molecule has 6 rings (SSSR count). The maximum Gasteiger partial charge on any atom is 0.251 e. The molecule has 0 unspecified atom stereocenters. The van der Waals surface area contributed by atoms with E-state index in [-0.39, 0.29) is 24.0 Å². The quantitative estimate of drug-likeness (QED) is 0.321. The van der Waals surface area contributed by atoms with Gasteiger partial charge in [-0.2, -0.15) is 0 Å². The molecule has 7 heteroatoms. The van der Waals surface area contributed by atoms with Crippen LogP contribution < -0.4 is 11.1 Å². The van der Waals surface area contributed by atoms with E-state index in [1.165, 1.54) is 12.1 Å². The van der Waals surface area contributed by atoms with Gasteiger partial charge in [0.25, 0.3) is 5.91 Å². The van der Waals surface area contributed by atoms with Crippen molar-refractivity contribution in [2.24, 2.45) is 0 Å². The maximum absolute atomic E-state index is 14.4. The fourth-order valence-electron chi connectivity index (χ4n) is 5.64. The molecular weight excluding hydrogens is 484 g/mol. The molecule has 0 fully saturated rings. The minimum absolute atomic E-state index is 0.191. The van der Waals surface area contributed by atoms with E-state index in [0.717, 1.165) is 45.1 Å². The molecule has 38 heavy (non-hydrogen) atoms. The van der Waals surface area contributed by atoms with E-state index in [1.54, 1.807) is 0 Å². The van der Waals surface area contributed by atoms with Crippen LogP contribution in [-0.2, 0) is 11.3 Å². The molecule has 5 nitrogen and oxygen atoms in total. The molecule has 4 aromatic rings. The molecule has 3 heterocycles. The number of nitrogens with two attached hydrogens (primary N) is 1. The van der Waals surface area contributed by atoms with Crippen molar-refractivity contribution in [2.45, 2.75) is 45.4 Å². The van der Waals surface area contributed by atoms with Crippen LogP contribution in [0.4, 0.5) is 14.6 Å². The van der Waals surface area contributed by atoms with Crippen molar-refractivity contribution < 1.29 is 18.3 Å². The highest BCUT2D eigenvalue weighted by molar-refractivity contribution is 5.94. The third kappa shape index (κ3) is 3.94. The molecule has 3 N–H and O–H groups in total. The summed E-state index contributed by atoms with van der Waals surface area (Å²) in [5.74, 6) is -0.699. The lowest BCUT2D eigenvalue weighted by atomic mass is 9.83. The van der Waals surface area contributed by atoms with Crippen LogP contribution in [0.15, 0.2) is 60.7 Å². The highest BCUT2D eigenvalue weighted by Gasteiger charge is 2.43. The van der Waals surface area contributed by atoms with Gasteiger partial charge in [0.1, 0.15) is 29.7 Å². The van der Waals surface area contributed by atoms with E-state index in [1.807, 2.05) is 49.4 Å². The predicted molar refractivity (Wildman–Crippen MR) is 142 cm³/mol. The first-order chi connectivity index (χ1) is 18.2. The van der Waals surface area contributed by atoms with E-state index in [9.17, 15) is 13.6 Å². The van der Waals surface area contributed by atoms with Gasteiger partial charge >= 0.3 is 0 Å². The summed E-state index contributed by atoms with van der Waals surface area (Å²) in [4.78, 5) is 17.5. The van der Waals surface area contributed by atoms with Crippen molar-refractivity contribution in [3.8, 4) is 11.1 Å². The number of carbonyl (C=O) groups excluding carboxylic acids is 1. The number of rotatable bonds is 5. The van der Waals surface area contributed by atoms with Crippen molar-refractivity contribution in [1.82, 2.24) is 10.3 Å².